The molecular weight excluding hydrogens is 182 g/mol. The van der Waals surface area contributed by atoms with Gasteiger partial charge in [-0.2, -0.15) is 11.8 Å². The lowest BCUT2D eigenvalue weighted by Gasteiger charge is -2.06. The lowest BCUT2D eigenvalue weighted by molar-refractivity contribution is 0.618. The number of imidazole rings is 1. The second-order valence-electron chi connectivity index (χ2n) is 2.91. The van der Waals surface area contributed by atoms with Gasteiger partial charge < -0.3 is 9.88 Å². The van der Waals surface area contributed by atoms with Gasteiger partial charge >= 0.3 is 0 Å². The molecule has 3 nitrogen and oxygen atoms in total. The normalized spacial score (nSPS) is 10.6. The van der Waals surface area contributed by atoms with Crippen molar-refractivity contribution in [2.75, 3.05) is 19.1 Å². The third-order valence-electron chi connectivity index (χ3n) is 1.88. The Bertz CT molecular complexity index is 235. The minimum Gasteiger partial charge on any atom is -0.334 e. The second kappa shape index (κ2) is 6.05. The van der Waals surface area contributed by atoms with Crippen molar-refractivity contribution in [2.24, 2.45) is 0 Å². The first-order chi connectivity index (χ1) is 6.38. The smallest absolute Gasteiger partial charge is 0.122 e. The van der Waals surface area contributed by atoms with Crippen LogP contribution in [0.15, 0.2) is 12.4 Å². The number of hydrogen-bond donors (Lipinski definition) is 1. The van der Waals surface area contributed by atoms with Crippen LogP contribution in [0.4, 0.5) is 0 Å². The molecule has 0 unspecified atom stereocenters. The minimum absolute atomic E-state index is 0.853. The molecule has 0 spiro atoms. The van der Waals surface area contributed by atoms with Crippen LogP contribution in [-0.2, 0) is 13.1 Å². The number of aryl methyl sites for hydroxylation is 1. The lowest BCUT2D eigenvalue weighted by Crippen LogP contribution is -2.12. The van der Waals surface area contributed by atoms with Crippen molar-refractivity contribution >= 4 is 11.8 Å². The van der Waals surface area contributed by atoms with E-state index in [1.165, 1.54) is 12.2 Å². The Morgan fingerprint density at radius 2 is 2.46 bits per heavy atom. The topological polar surface area (TPSA) is 29.9 Å². The van der Waals surface area contributed by atoms with E-state index in [0.29, 0.717) is 0 Å². The molecule has 0 aliphatic carbocycles. The van der Waals surface area contributed by atoms with Crippen LogP contribution in [-0.4, -0.2) is 28.6 Å². The van der Waals surface area contributed by atoms with Crippen LogP contribution in [0.1, 0.15) is 12.2 Å². The SMILES string of the molecule is CNCc1nccn1CCCSC. The maximum absolute atomic E-state index is 4.28. The average molecular weight is 199 g/mol. The van der Waals surface area contributed by atoms with Gasteiger partial charge in [0.15, 0.2) is 0 Å². The van der Waals surface area contributed by atoms with E-state index in [9.17, 15) is 0 Å². The summed E-state index contributed by atoms with van der Waals surface area (Å²) < 4.78 is 2.22. The van der Waals surface area contributed by atoms with Crippen LogP contribution < -0.4 is 5.32 Å². The fraction of sp³-hybridized carbons (Fsp3) is 0.667. The van der Waals surface area contributed by atoms with Crippen LogP contribution in [0.2, 0.25) is 0 Å². The van der Waals surface area contributed by atoms with E-state index in [1.807, 2.05) is 31.2 Å². The molecular formula is C9H17N3S. The van der Waals surface area contributed by atoms with E-state index in [-0.39, 0.29) is 0 Å². The Balaban J connectivity index is 2.40. The fourth-order valence-corrected chi connectivity index (χ4v) is 1.67. The average Bonchev–Trinajstić information content (AvgIpc) is 2.54. The minimum atomic E-state index is 0.853. The maximum atomic E-state index is 4.28. The summed E-state index contributed by atoms with van der Waals surface area (Å²) in [5.74, 6) is 2.35. The number of nitrogens with zero attached hydrogens (tertiary/aromatic N) is 2. The highest BCUT2D eigenvalue weighted by Gasteiger charge is 1.99. The molecule has 0 bridgehead atoms. The van der Waals surface area contributed by atoms with Crippen LogP contribution >= 0.6 is 11.8 Å². The Hall–Kier alpha value is -0.480. The molecule has 1 rings (SSSR count). The van der Waals surface area contributed by atoms with Crippen molar-refractivity contribution in [2.45, 2.75) is 19.5 Å². The van der Waals surface area contributed by atoms with E-state index < -0.39 is 0 Å². The van der Waals surface area contributed by atoms with Gasteiger partial charge in [0.25, 0.3) is 0 Å². The molecule has 0 radical (unpaired) electrons. The van der Waals surface area contributed by atoms with Crippen LogP contribution in [0.25, 0.3) is 0 Å². The highest BCUT2D eigenvalue weighted by molar-refractivity contribution is 7.98. The van der Waals surface area contributed by atoms with E-state index in [1.54, 1.807) is 0 Å². The van der Waals surface area contributed by atoms with Crippen molar-refractivity contribution in [3.8, 4) is 0 Å². The summed E-state index contributed by atoms with van der Waals surface area (Å²) in [5.41, 5.74) is 0. The molecule has 1 heterocycles. The highest BCUT2D eigenvalue weighted by atomic mass is 32.2. The molecule has 0 fully saturated rings. The zero-order valence-corrected chi connectivity index (χ0v) is 9.10. The van der Waals surface area contributed by atoms with Crippen LogP contribution in [0.3, 0.4) is 0 Å². The molecule has 1 aromatic heterocycles. The molecule has 1 aromatic rings. The first kappa shape index (κ1) is 10.6. The van der Waals surface area contributed by atoms with E-state index in [4.69, 9.17) is 0 Å². The summed E-state index contributed by atoms with van der Waals surface area (Å²) in [6, 6.07) is 0. The summed E-state index contributed by atoms with van der Waals surface area (Å²) in [5, 5.41) is 3.11. The van der Waals surface area contributed by atoms with Crippen molar-refractivity contribution in [3.63, 3.8) is 0 Å². The van der Waals surface area contributed by atoms with Gasteiger partial charge in [0.05, 0.1) is 6.54 Å². The van der Waals surface area contributed by atoms with Gasteiger partial charge in [-0.25, -0.2) is 4.98 Å². The first-order valence-electron chi connectivity index (χ1n) is 4.52. The van der Waals surface area contributed by atoms with Gasteiger partial charge in [-0.15, -0.1) is 0 Å². The largest absolute Gasteiger partial charge is 0.334 e. The number of aromatic nitrogens is 2. The van der Waals surface area contributed by atoms with Gasteiger partial charge in [0.2, 0.25) is 0 Å². The molecule has 0 atom stereocenters. The molecule has 13 heavy (non-hydrogen) atoms. The lowest BCUT2D eigenvalue weighted by atomic mass is 10.4. The van der Waals surface area contributed by atoms with Crippen molar-refractivity contribution < 1.29 is 0 Å². The summed E-state index contributed by atoms with van der Waals surface area (Å²) in [6.07, 6.45) is 7.27. The molecule has 4 heteroatoms. The van der Waals surface area contributed by atoms with Gasteiger partial charge in [0, 0.05) is 18.9 Å². The summed E-state index contributed by atoms with van der Waals surface area (Å²) in [4.78, 5) is 4.28. The number of nitrogens with one attached hydrogen (secondary N) is 1. The zero-order valence-electron chi connectivity index (χ0n) is 8.29. The maximum Gasteiger partial charge on any atom is 0.122 e. The van der Waals surface area contributed by atoms with Crippen molar-refractivity contribution in [1.29, 1.82) is 0 Å². The summed E-state index contributed by atoms with van der Waals surface area (Å²) in [7, 11) is 1.95. The Labute approximate surface area is 83.9 Å². The molecule has 0 aliphatic rings. The van der Waals surface area contributed by atoms with Crippen LogP contribution in [0, 0.1) is 0 Å². The van der Waals surface area contributed by atoms with Crippen molar-refractivity contribution in [3.05, 3.63) is 18.2 Å². The van der Waals surface area contributed by atoms with E-state index in [0.717, 1.165) is 18.9 Å². The molecule has 0 saturated carbocycles. The third-order valence-corrected chi connectivity index (χ3v) is 2.58. The standard InChI is InChI=1S/C9H17N3S/c1-10-8-9-11-4-6-12(9)5-3-7-13-2/h4,6,10H,3,5,7-8H2,1-2H3. The van der Waals surface area contributed by atoms with E-state index >= 15 is 0 Å². The molecule has 0 aromatic carbocycles. The summed E-state index contributed by atoms with van der Waals surface area (Å²) in [6.45, 7) is 1.93. The monoisotopic (exact) mass is 199 g/mol. The first-order valence-corrected chi connectivity index (χ1v) is 5.91. The van der Waals surface area contributed by atoms with Gasteiger partial charge in [-0.3, -0.25) is 0 Å². The third kappa shape index (κ3) is 3.40. The predicted molar refractivity (Wildman–Crippen MR) is 58.0 cm³/mol. The zero-order chi connectivity index (χ0) is 9.52. The molecule has 0 amide bonds. The number of rotatable bonds is 6. The van der Waals surface area contributed by atoms with Crippen LogP contribution in [0.5, 0.6) is 0 Å². The quantitative estimate of drug-likeness (QED) is 0.702. The molecule has 0 aliphatic heterocycles. The fourth-order valence-electron chi connectivity index (χ4n) is 1.25. The Kier molecular flexibility index (Phi) is 4.93. The van der Waals surface area contributed by atoms with Gasteiger partial charge in [-0.05, 0) is 25.5 Å². The van der Waals surface area contributed by atoms with Gasteiger partial charge in [-0.1, -0.05) is 0 Å². The number of thioether (sulfide) groups is 1. The molecule has 1 N–H and O–H groups in total. The Morgan fingerprint density at radius 3 is 3.15 bits per heavy atom. The number of hydrogen-bond acceptors (Lipinski definition) is 3. The Morgan fingerprint density at radius 1 is 1.62 bits per heavy atom. The predicted octanol–water partition coefficient (Wildman–Crippen LogP) is 1.36. The highest BCUT2D eigenvalue weighted by Crippen LogP contribution is 2.02. The molecule has 74 valence electrons. The van der Waals surface area contributed by atoms with Crippen molar-refractivity contribution in [1.82, 2.24) is 14.9 Å². The summed E-state index contributed by atoms with van der Waals surface area (Å²) >= 11 is 1.89. The van der Waals surface area contributed by atoms with E-state index in [2.05, 4.69) is 21.1 Å². The second-order valence-corrected chi connectivity index (χ2v) is 3.90. The van der Waals surface area contributed by atoms with Gasteiger partial charge in [0.1, 0.15) is 5.82 Å². The molecule has 0 saturated heterocycles.